The van der Waals surface area contributed by atoms with Crippen LogP contribution in [0, 0.1) is 17.6 Å². The first kappa shape index (κ1) is 26.4. The number of ether oxygens (including phenoxy) is 1. The number of hydrogen-bond acceptors (Lipinski definition) is 6. The van der Waals surface area contributed by atoms with Gasteiger partial charge in [-0.1, -0.05) is 12.1 Å². The van der Waals surface area contributed by atoms with Gasteiger partial charge in [0.05, 0.1) is 5.52 Å². The van der Waals surface area contributed by atoms with E-state index in [1.807, 2.05) is 0 Å². The molecule has 1 aliphatic rings. The Kier molecular flexibility index (Phi) is 7.65. The minimum atomic E-state index is -4.75. The van der Waals surface area contributed by atoms with Crippen molar-refractivity contribution in [3.63, 3.8) is 0 Å². The second-order valence-corrected chi connectivity index (χ2v) is 9.15. The first-order chi connectivity index (χ1) is 17.5. The van der Waals surface area contributed by atoms with Gasteiger partial charge in [-0.2, -0.15) is 4.98 Å². The highest BCUT2D eigenvalue weighted by molar-refractivity contribution is 5.90. The van der Waals surface area contributed by atoms with Crippen LogP contribution in [0.5, 0.6) is 5.75 Å². The van der Waals surface area contributed by atoms with Gasteiger partial charge >= 0.3 is 6.36 Å². The SMILES string of the molecule is CN(C)c1nc(NC2CCC(C(=O)NCc3ccc(OC(F)(F)F)cc3)CC2)nc2cc(F)c(F)cc12. The fourth-order valence-electron chi connectivity index (χ4n) is 4.34. The smallest absolute Gasteiger partial charge is 0.406 e. The van der Waals surface area contributed by atoms with Gasteiger partial charge in [0.25, 0.3) is 0 Å². The number of amides is 1. The summed E-state index contributed by atoms with van der Waals surface area (Å²) < 4.78 is 68.2. The molecule has 1 fully saturated rings. The van der Waals surface area contributed by atoms with E-state index in [0.717, 1.165) is 12.1 Å². The van der Waals surface area contributed by atoms with E-state index < -0.39 is 18.0 Å². The zero-order valence-corrected chi connectivity index (χ0v) is 20.2. The van der Waals surface area contributed by atoms with E-state index in [0.29, 0.717) is 48.4 Å². The van der Waals surface area contributed by atoms with Gasteiger partial charge in [-0.3, -0.25) is 4.79 Å². The average molecular weight is 524 g/mol. The molecule has 0 spiro atoms. The molecule has 1 aromatic heterocycles. The predicted octanol–water partition coefficient (Wildman–Crippen LogP) is 5.16. The van der Waals surface area contributed by atoms with Crippen molar-refractivity contribution in [1.29, 1.82) is 0 Å². The van der Waals surface area contributed by atoms with Crippen molar-refractivity contribution in [2.24, 2.45) is 5.92 Å². The van der Waals surface area contributed by atoms with Gasteiger partial charge in [0, 0.05) is 44.1 Å². The van der Waals surface area contributed by atoms with Gasteiger partial charge in [0.1, 0.15) is 11.6 Å². The summed E-state index contributed by atoms with van der Waals surface area (Å²) in [5.41, 5.74) is 0.936. The molecule has 2 N–H and O–H groups in total. The Balaban J connectivity index is 1.31. The topological polar surface area (TPSA) is 79.4 Å². The molecule has 37 heavy (non-hydrogen) atoms. The van der Waals surface area contributed by atoms with Gasteiger partial charge in [-0.05, 0) is 49.4 Å². The van der Waals surface area contributed by atoms with E-state index >= 15 is 0 Å². The third-order valence-corrected chi connectivity index (χ3v) is 6.20. The van der Waals surface area contributed by atoms with Gasteiger partial charge in [0.15, 0.2) is 11.6 Å². The molecule has 4 rings (SSSR count). The van der Waals surface area contributed by atoms with Crippen molar-refractivity contribution >= 4 is 28.6 Å². The van der Waals surface area contributed by atoms with E-state index in [2.05, 4.69) is 25.3 Å². The standard InChI is InChI=1S/C25H26F5N5O2/c1-35(2)22-18-11-19(26)20(27)12-21(18)33-24(34-22)32-16-7-5-15(6-8-16)23(36)31-13-14-3-9-17(10-4-14)37-25(28,29)30/h3-4,9-12,15-16H,5-8,13H2,1-2H3,(H,31,36)(H,32,33,34). The van der Waals surface area contributed by atoms with E-state index in [-0.39, 0.29) is 35.7 Å². The summed E-state index contributed by atoms with van der Waals surface area (Å²) >= 11 is 0. The highest BCUT2D eigenvalue weighted by Crippen LogP contribution is 2.30. The van der Waals surface area contributed by atoms with E-state index in [1.54, 1.807) is 19.0 Å². The Morgan fingerprint density at radius 3 is 2.30 bits per heavy atom. The summed E-state index contributed by atoms with van der Waals surface area (Å²) in [6, 6.07) is 7.46. The number of benzene rings is 2. The summed E-state index contributed by atoms with van der Waals surface area (Å²) in [6.45, 7) is 0.193. The van der Waals surface area contributed by atoms with Crippen LogP contribution < -0.4 is 20.3 Å². The van der Waals surface area contributed by atoms with Crippen molar-refractivity contribution in [2.75, 3.05) is 24.3 Å². The molecule has 0 radical (unpaired) electrons. The van der Waals surface area contributed by atoms with Gasteiger partial charge in [-0.25, -0.2) is 13.8 Å². The summed E-state index contributed by atoms with van der Waals surface area (Å²) in [5.74, 6) is -1.84. The fraction of sp³-hybridized carbons (Fsp3) is 0.400. The Bertz CT molecular complexity index is 1260. The molecular weight excluding hydrogens is 497 g/mol. The van der Waals surface area contributed by atoms with Crippen LogP contribution in [-0.2, 0) is 11.3 Å². The fourth-order valence-corrected chi connectivity index (χ4v) is 4.34. The Labute approximate surface area is 210 Å². The maximum Gasteiger partial charge on any atom is 0.573 e. The number of nitrogens with one attached hydrogen (secondary N) is 2. The zero-order chi connectivity index (χ0) is 26.7. The Morgan fingerprint density at radius 1 is 1.03 bits per heavy atom. The first-order valence-electron chi connectivity index (χ1n) is 11.7. The zero-order valence-electron chi connectivity index (χ0n) is 20.2. The summed E-state index contributed by atoms with van der Waals surface area (Å²) in [5, 5.41) is 6.48. The van der Waals surface area contributed by atoms with Gasteiger partial charge in [0.2, 0.25) is 11.9 Å². The molecule has 0 saturated heterocycles. The Morgan fingerprint density at radius 2 is 1.68 bits per heavy atom. The summed E-state index contributed by atoms with van der Waals surface area (Å²) in [4.78, 5) is 23.1. The summed E-state index contributed by atoms with van der Waals surface area (Å²) in [7, 11) is 3.50. The second-order valence-electron chi connectivity index (χ2n) is 9.15. The van der Waals surface area contributed by atoms with E-state index in [1.165, 1.54) is 24.3 Å². The molecule has 1 saturated carbocycles. The minimum absolute atomic E-state index is 0.00276. The normalized spacial score (nSPS) is 17.9. The van der Waals surface area contributed by atoms with Crippen molar-refractivity contribution < 1.29 is 31.5 Å². The largest absolute Gasteiger partial charge is 0.573 e. The van der Waals surface area contributed by atoms with Crippen LogP contribution in [0.2, 0.25) is 0 Å². The molecule has 7 nitrogen and oxygen atoms in total. The Hall–Kier alpha value is -3.70. The number of carbonyl (C=O) groups excluding carboxylic acids is 1. The van der Waals surface area contributed by atoms with Crippen LogP contribution >= 0.6 is 0 Å². The molecule has 3 aromatic rings. The molecule has 1 aliphatic carbocycles. The van der Waals surface area contributed by atoms with Crippen LogP contribution in [0.15, 0.2) is 36.4 Å². The van der Waals surface area contributed by atoms with Gasteiger partial charge < -0.3 is 20.3 Å². The maximum atomic E-state index is 13.8. The van der Waals surface area contributed by atoms with Crippen LogP contribution in [0.4, 0.5) is 33.7 Å². The van der Waals surface area contributed by atoms with Crippen LogP contribution in [0.3, 0.4) is 0 Å². The second kappa shape index (κ2) is 10.7. The molecule has 0 aliphatic heterocycles. The van der Waals surface area contributed by atoms with E-state index in [4.69, 9.17) is 0 Å². The molecule has 0 atom stereocenters. The lowest BCUT2D eigenvalue weighted by molar-refractivity contribution is -0.274. The molecule has 198 valence electrons. The quantitative estimate of drug-likeness (QED) is 0.417. The lowest BCUT2D eigenvalue weighted by Gasteiger charge is -2.28. The van der Waals surface area contributed by atoms with Crippen molar-refractivity contribution in [3.05, 3.63) is 53.6 Å². The number of nitrogens with zero attached hydrogens (tertiary/aromatic N) is 3. The minimum Gasteiger partial charge on any atom is -0.406 e. The molecule has 1 heterocycles. The van der Waals surface area contributed by atoms with Gasteiger partial charge in [-0.15, -0.1) is 13.2 Å². The highest BCUT2D eigenvalue weighted by atomic mass is 19.4. The highest BCUT2D eigenvalue weighted by Gasteiger charge is 2.31. The first-order valence-corrected chi connectivity index (χ1v) is 11.7. The molecule has 0 unspecified atom stereocenters. The molecule has 12 heteroatoms. The van der Waals surface area contributed by atoms with E-state index in [9.17, 15) is 26.7 Å². The predicted molar refractivity (Wildman–Crippen MR) is 128 cm³/mol. The molecule has 0 bridgehead atoms. The van der Waals surface area contributed by atoms with Crippen molar-refractivity contribution in [2.45, 2.75) is 44.6 Å². The lowest BCUT2D eigenvalue weighted by atomic mass is 9.85. The third-order valence-electron chi connectivity index (χ3n) is 6.20. The lowest BCUT2D eigenvalue weighted by Crippen LogP contribution is -2.35. The van der Waals surface area contributed by atoms with Crippen LogP contribution in [0.1, 0.15) is 31.2 Å². The molecular formula is C25H26F5N5O2. The van der Waals surface area contributed by atoms with Crippen molar-refractivity contribution in [1.82, 2.24) is 15.3 Å². The number of fused-ring (bicyclic) bond motifs is 1. The number of carbonyl (C=O) groups is 1. The number of halogens is 5. The number of hydrogen-bond donors (Lipinski definition) is 2. The number of alkyl halides is 3. The number of aromatic nitrogens is 2. The summed E-state index contributed by atoms with van der Waals surface area (Å²) in [6.07, 6.45) is -2.16. The maximum absolute atomic E-state index is 13.8. The number of anilines is 2. The van der Waals surface area contributed by atoms with Crippen LogP contribution in [-0.4, -0.2) is 42.4 Å². The monoisotopic (exact) mass is 523 g/mol. The average Bonchev–Trinajstić information content (AvgIpc) is 2.83. The van der Waals surface area contributed by atoms with Crippen molar-refractivity contribution in [3.8, 4) is 5.75 Å². The number of rotatable bonds is 7. The molecule has 1 amide bonds. The van der Waals surface area contributed by atoms with Crippen LogP contribution in [0.25, 0.3) is 10.9 Å². The molecule has 2 aromatic carbocycles. The third kappa shape index (κ3) is 6.75.